The first-order valence-corrected chi connectivity index (χ1v) is 5.35. The van der Waals surface area contributed by atoms with Gasteiger partial charge in [0.2, 0.25) is 0 Å². The van der Waals surface area contributed by atoms with Crippen molar-refractivity contribution in [3.63, 3.8) is 0 Å². The normalized spacial score (nSPS) is 10.2. The first-order chi connectivity index (χ1) is 8.16. The van der Waals surface area contributed by atoms with Gasteiger partial charge >= 0.3 is 0 Å². The molecule has 0 atom stereocenters. The van der Waals surface area contributed by atoms with E-state index in [1.807, 2.05) is 19.9 Å². The molecule has 0 saturated carbocycles. The molecule has 0 spiro atoms. The van der Waals surface area contributed by atoms with Crippen molar-refractivity contribution in [2.24, 2.45) is 0 Å². The van der Waals surface area contributed by atoms with Gasteiger partial charge in [-0.05, 0) is 31.0 Å². The Bertz CT molecular complexity index is 519. The highest BCUT2D eigenvalue weighted by Crippen LogP contribution is 2.07. The SMILES string of the molecule is Cc1cc(C)c(CNC(=O)c2cnc[nH]2)cn1. The van der Waals surface area contributed by atoms with Crippen molar-refractivity contribution in [2.45, 2.75) is 20.4 Å². The molecule has 2 aromatic rings. The molecule has 2 heterocycles. The lowest BCUT2D eigenvalue weighted by molar-refractivity contribution is 0.0946. The number of nitrogens with zero attached hydrogens (tertiary/aromatic N) is 2. The predicted molar refractivity (Wildman–Crippen MR) is 63.5 cm³/mol. The van der Waals surface area contributed by atoms with Crippen molar-refractivity contribution in [3.8, 4) is 0 Å². The number of imidazole rings is 1. The highest BCUT2D eigenvalue weighted by Gasteiger charge is 2.07. The van der Waals surface area contributed by atoms with Crippen LogP contribution in [-0.2, 0) is 6.54 Å². The third-order valence-corrected chi connectivity index (χ3v) is 2.54. The summed E-state index contributed by atoms with van der Waals surface area (Å²) in [5.74, 6) is -0.164. The van der Waals surface area contributed by atoms with E-state index >= 15 is 0 Å². The molecule has 2 aromatic heterocycles. The lowest BCUT2D eigenvalue weighted by atomic mass is 10.1. The van der Waals surface area contributed by atoms with Crippen molar-refractivity contribution in [3.05, 3.63) is 47.3 Å². The van der Waals surface area contributed by atoms with Crippen molar-refractivity contribution < 1.29 is 4.79 Å². The van der Waals surface area contributed by atoms with Crippen molar-refractivity contribution in [2.75, 3.05) is 0 Å². The molecular weight excluding hydrogens is 216 g/mol. The van der Waals surface area contributed by atoms with Gasteiger partial charge in [0.15, 0.2) is 0 Å². The third kappa shape index (κ3) is 2.69. The van der Waals surface area contributed by atoms with Gasteiger partial charge in [-0.25, -0.2) is 4.98 Å². The van der Waals surface area contributed by atoms with Crippen LogP contribution in [0.5, 0.6) is 0 Å². The van der Waals surface area contributed by atoms with Gasteiger partial charge in [0, 0.05) is 18.4 Å². The second kappa shape index (κ2) is 4.78. The summed E-state index contributed by atoms with van der Waals surface area (Å²) in [5, 5.41) is 2.81. The Morgan fingerprint density at radius 2 is 2.24 bits per heavy atom. The lowest BCUT2D eigenvalue weighted by Crippen LogP contribution is -2.23. The number of aromatic amines is 1. The number of carbonyl (C=O) groups excluding carboxylic acids is 1. The number of aromatic nitrogens is 3. The summed E-state index contributed by atoms with van der Waals surface area (Å²) in [7, 11) is 0. The van der Waals surface area contributed by atoms with Gasteiger partial charge in [-0.3, -0.25) is 9.78 Å². The van der Waals surface area contributed by atoms with Gasteiger partial charge in [-0.1, -0.05) is 0 Å². The number of H-pyrrole nitrogens is 1. The van der Waals surface area contributed by atoms with Crippen molar-refractivity contribution in [1.29, 1.82) is 0 Å². The Morgan fingerprint density at radius 1 is 1.41 bits per heavy atom. The highest BCUT2D eigenvalue weighted by atomic mass is 16.1. The van der Waals surface area contributed by atoms with E-state index in [2.05, 4.69) is 20.3 Å². The topological polar surface area (TPSA) is 70.7 Å². The van der Waals surface area contributed by atoms with Crippen LogP contribution in [0.15, 0.2) is 24.8 Å². The minimum Gasteiger partial charge on any atom is -0.347 e. The van der Waals surface area contributed by atoms with E-state index in [1.54, 1.807) is 6.20 Å². The summed E-state index contributed by atoms with van der Waals surface area (Å²) in [6, 6.07) is 2.00. The quantitative estimate of drug-likeness (QED) is 0.836. The van der Waals surface area contributed by atoms with Crippen LogP contribution in [0.2, 0.25) is 0 Å². The van der Waals surface area contributed by atoms with Crippen LogP contribution in [0.4, 0.5) is 0 Å². The molecule has 1 amide bonds. The largest absolute Gasteiger partial charge is 0.347 e. The zero-order valence-corrected chi connectivity index (χ0v) is 9.82. The smallest absolute Gasteiger partial charge is 0.269 e. The van der Waals surface area contributed by atoms with Crippen LogP contribution in [0.3, 0.4) is 0 Å². The fourth-order valence-corrected chi connectivity index (χ4v) is 1.56. The second-order valence-electron chi connectivity index (χ2n) is 3.90. The Kier molecular flexibility index (Phi) is 3.18. The Labute approximate surface area is 99.3 Å². The number of pyridine rings is 1. The zero-order chi connectivity index (χ0) is 12.3. The molecular formula is C12H14N4O. The van der Waals surface area contributed by atoms with E-state index in [0.717, 1.165) is 16.8 Å². The van der Waals surface area contributed by atoms with E-state index in [0.29, 0.717) is 12.2 Å². The van der Waals surface area contributed by atoms with E-state index in [-0.39, 0.29) is 5.91 Å². The fraction of sp³-hybridized carbons (Fsp3) is 0.250. The van der Waals surface area contributed by atoms with Crippen LogP contribution in [0.25, 0.3) is 0 Å². The summed E-state index contributed by atoms with van der Waals surface area (Å²) in [6.45, 7) is 4.42. The van der Waals surface area contributed by atoms with Crippen LogP contribution in [-0.4, -0.2) is 20.9 Å². The average molecular weight is 230 g/mol. The molecule has 5 heteroatoms. The molecule has 2 N–H and O–H groups in total. The molecule has 0 saturated heterocycles. The number of hydrogen-bond donors (Lipinski definition) is 2. The molecule has 17 heavy (non-hydrogen) atoms. The number of nitrogens with one attached hydrogen (secondary N) is 2. The molecule has 0 radical (unpaired) electrons. The van der Waals surface area contributed by atoms with Crippen LogP contribution in [0.1, 0.15) is 27.3 Å². The minimum atomic E-state index is -0.164. The summed E-state index contributed by atoms with van der Waals surface area (Å²) in [4.78, 5) is 22.4. The van der Waals surface area contributed by atoms with E-state index in [1.165, 1.54) is 12.5 Å². The Morgan fingerprint density at radius 3 is 2.88 bits per heavy atom. The number of aryl methyl sites for hydroxylation is 2. The summed E-state index contributed by atoms with van der Waals surface area (Å²) >= 11 is 0. The van der Waals surface area contributed by atoms with Gasteiger partial charge < -0.3 is 10.3 Å². The van der Waals surface area contributed by atoms with E-state index < -0.39 is 0 Å². The summed E-state index contributed by atoms with van der Waals surface area (Å²) in [5.41, 5.74) is 3.58. The average Bonchev–Trinajstić information content (AvgIpc) is 2.81. The Balaban J connectivity index is 2.01. The predicted octanol–water partition coefficient (Wildman–Crippen LogP) is 1.35. The number of carbonyl (C=O) groups is 1. The molecule has 0 aliphatic carbocycles. The van der Waals surface area contributed by atoms with Crippen LogP contribution < -0.4 is 5.32 Å². The van der Waals surface area contributed by atoms with Crippen molar-refractivity contribution >= 4 is 5.91 Å². The second-order valence-corrected chi connectivity index (χ2v) is 3.90. The van der Waals surface area contributed by atoms with Gasteiger partial charge in [-0.2, -0.15) is 0 Å². The molecule has 0 aliphatic heterocycles. The number of amides is 1. The number of rotatable bonds is 3. The molecule has 0 aliphatic rings. The zero-order valence-electron chi connectivity index (χ0n) is 9.82. The van der Waals surface area contributed by atoms with Crippen LogP contribution in [0, 0.1) is 13.8 Å². The third-order valence-electron chi connectivity index (χ3n) is 2.54. The fourth-order valence-electron chi connectivity index (χ4n) is 1.56. The minimum absolute atomic E-state index is 0.164. The first-order valence-electron chi connectivity index (χ1n) is 5.35. The van der Waals surface area contributed by atoms with Gasteiger partial charge in [0.05, 0.1) is 12.5 Å². The van der Waals surface area contributed by atoms with E-state index in [9.17, 15) is 4.79 Å². The molecule has 88 valence electrons. The van der Waals surface area contributed by atoms with Gasteiger partial charge in [0.25, 0.3) is 5.91 Å². The summed E-state index contributed by atoms with van der Waals surface area (Å²) < 4.78 is 0. The monoisotopic (exact) mass is 230 g/mol. The standard InChI is InChI=1S/C12H14N4O/c1-8-3-9(2)14-4-10(8)5-15-12(17)11-6-13-7-16-11/h3-4,6-7H,5H2,1-2H3,(H,13,16)(H,15,17). The molecule has 0 fully saturated rings. The molecule has 0 aromatic carbocycles. The van der Waals surface area contributed by atoms with E-state index in [4.69, 9.17) is 0 Å². The number of hydrogen-bond acceptors (Lipinski definition) is 3. The van der Waals surface area contributed by atoms with Gasteiger partial charge in [-0.15, -0.1) is 0 Å². The van der Waals surface area contributed by atoms with Crippen LogP contribution >= 0.6 is 0 Å². The van der Waals surface area contributed by atoms with Crippen molar-refractivity contribution in [1.82, 2.24) is 20.3 Å². The lowest BCUT2D eigenvalue weighted by Gasteiger charge is -2.07. The molecule has 2 rings (SSSR count). The highest BCUT2D eigenvalue weighted by molar-refractivity contribution is 5.91. The first kappa shape index (κ1) is 11.3. The van der Waals surface area contributed by atoms with Gasteiger partial charge in [0.1, 0.15) is 5.69 Å². The maximum atomic E-state index is 11.7. The summed E-state index contributed by atoms with van der Waals surface area (Å²) in [6.07, 6.45) is 4.76. The Hall–Kier alpha value is -2.17. The maximum Gasteiger partial charge on any atom is 0.269 e. The molecule has 0 unspecified atom stereocenters. The maximum absolute atomic E-state index is 11.7. The molecule has 0 bridgehead atoms. The molecule has 5 nitrogen and oxygen atoms in total.